The summed E-state index contributed by atoms with van der Waals surface area (Å²) in [6.07, 6.45) is 1.42. The lowest BCUT2D eigenvalue weighted by atomic mass is 10.3. The first-order valence-corrected chi connectivity index (χ1v) is 5.51. The van der Waals surface area contributed by atoms with Gasteiger partial charge in [0.05, 0.1) is 11.8 Å². The number of amides is 1. The highest BCUT2D eigenvalue weighted by Crippen LogP contribution is 2.19. The summed E-state index contributed by atoms with van der Waals surface area (Å²) in [6, 6.07) is 6.54. The second kappa shape index (κ2) is 4.67. The van der Waals surface area contributed by atoms with Crippen LogP contribution in [-0.4, -0.2) is 10.9 Å². The van der Waals surface area contributed by atoms with Gasteiger partial charge in [0.2, 0.25) is 0 Å². The molecule has 16 heavy (non-hydrogen) atoms. The van der Waals surface area contributed by atoms with Crippen molar-refractivity contribution in [1.82, 2.24) is 4.98 Å². The minimum absolute atomic E-state index is 0.310. The molecule has 0 spiro atoms. The molecule has 2 heterocycles. The summed E-state index contributed by atoms with van der Waals surface area (Å²) in [4.78, 5) is 15.7. The number of rotatable bonds is 2. The molecule has 2 aromatic rings. The highest BCUT2D eigenvalue weighted by molar-refractivity contribution is 9.10. The molecular formula is C10H6BrClN2O2. The van der Waals surface area contributed by atoms with E-state index in [0.717, 1.165) is 0 Å². The predicted molar refractivity (Wildman–Crippen MR) is 63.6 cm³/mol. The van der Waals surface area contributed by atoms with Crippen LogP contribution in [-0.2, 0) is 0 Å². The Morgan fingerprint density at radius 3 is 2.88 bits per heavy atom. The minimum atomic E-state index is -0.310. The van der Waals surface area contributed by atoms with Gasteiger partial charge in [0, 0.05) is 0 Å². The molecule has 0 aliphatic heterocycles. The average Bonchev–Trinajstić information content (AvgIpc) is 2.64. The lowest BCUT2D eigenvalue weighted by Crippen LogP contribution is -2.12. The molecule has 6 heteroatoms. The summed E-state index contributed by atoms with van der Waals surface area (Å²) < 4.78 is 5.34. The van der Waals surface area contributed by atoms with Crippen LogP contribution in [0.2, 0.25) is 5.15 Å². The molecule has 0 saturated heterocycles. The quantitative estimate of drug-likeness (QED) is 0.866. The lowest BCUT2D eigenvalue weighted by Gasteiger charge is -2.02. The molecular weight excluding hydrogens is 295 g/mol. The Balaban J connectivity index is 2.17. The van der Waals surface area contributed by atoms with Crippen LogP contribution in [0.1, 0.15) is 10.4 Å². The summed E-state index contributed by atoms with van der Waals surface area (Å²) in [6.45, 7) is 0. The number of carbonyl (C=O) groups is 1. The van der Waals surface area contributed by atoms with E-state index >= 15 is 0 Å². The van der Waals surface area contributed by atoms with Crippen molar-refractivity contribution in [3.63, 3.8) is 0 Å². The van der Waals surface area contributed by atoms with Crippen molar-refractivity contribution >= 4 is 39.3 Å². The van der Waals surface area contributed by atoms with Gasteiger partial charge < -0.3 is 9.73 Å². The number of halogens is 2. The van der Waals surface area contributed by atoms with Crippen LogP contribution in [0.4, 0.5) is 5.82 Å². The summed E-state index contributed by atoms with van der Waals surface area (Å²) in [7, 11) is 0. The SMILES string of the molecule is O=C(Nc1cccc(Cl)n1)c1ccoc1Br. The second-order valence-corrected chi connectivity index (χ2v) is 4.02. The van der Waals surface area contributed by atoms with Gasteiger partial charge in [0.1, 0.15) is 11.0 Å². The van der Waals surface area contributed by atoms with E-state index in [4.69, 9.17) is 16.0 Å². The maximum Gasteiger partial charge on any atom is 0.261 e. The fourth-order valence-corrected chi connectivity index (χ4v) is 1.70. The van der Waals surface area contributed by atoms with Crippen LogP contribution in [0.25, 0.3) is 0 Å². The van der Waals surface area contributed by atoms with E-state index in [-0.39, 0.29) is 5.91 Å². The summed E-state index contributed by atoms with van der Waals surface area (Å²) in [5.41, 5.74) is 0.404. The van der Waals surface area contributed by atoms with E-state index in [1.165, 1.54) is 6.26 Å². The highest BCUT2D eigenvalue weighted by atomic mass is 79.9. The van der Waals surface area contributed by atoms with Gasteiger partial charge in [-0.1, -0.05) is 17.7 Å². The van der Waals surface area contributed by atoms with Gasteiger partial charge in [0.15, 0.2) is 4.67 Å². The molecule has 4 nitrogen and oxygen atoms in total. The molecule has 2 rings (SSSR count). The van der Waals surface area contributed by atoms with Gasteiger partial charge in [0.25, 0.3) is 5.91 Å². The zero-order valence-electron chi connectivity index (χ0n) is 7.91. The highest BCUT2D eigenvalue weighted by Gasteiger charge is 2.13. The smallest absolute Gasteiger partial charge is 0.261 e. The van der Waals surface area contributed by atoms with Crippen LogP contribution in [0.3, 0.4) is 0 Å². The van der Waals surface area contributed by atoms with Crippen molar-refractivity contribution in [3.05, 3.63) is 45.9 Å². The van der Waals surface area contributed by atoms with Crippen molar-refractivity contribution in [1.29, 1.82) is 0 Å². The number of hydrogen-bond donors (Lipinski definition) is 1. The van der Waals surface area contributed by atoms with Gasteiger partial charge >= 0.3 is 0 Å². The number of aromatic nitrogens is 1. The molecule has 0 aliphatic carbocycles. The summed E-state index contributed by atoms with van der Waals surface area (Å²) >= 11 is 8.82. The van der Waals surface area contributed by atoms with E-state index in [2.05, 4.69) is 26.2 Å². The van der Waals surface area contributed by atoms with Gasteiger partial charge in [-0.05, 0) is 34.1 Å². The number of nitrogens with zero attached hydrogens (tertiary/aromatic N) is 1. The maximum absolute atomic E-state index is 11.7. The zero-order valence-corrected chi connectivity index (χ0v) is 10.2. The second-order valence-electron chi connectivity index (χ2n) is 2.91. The standard InChI is InChI=1S/C10H6BrClN2O2/c11-9-6(4-5-16-9)10(15)14-8-3-1-2-7(12)13-8/h1-5H,(H,13,14,15). The van der Waals surface area contributed by atoms with Crippen LogP contribution in [0.5, 0.6) is 0 Å². The number of nitrogens with one attached hydrogen (secondary N) is 1. The Kier molecular flexibility index (Phi) is 3.26. The first-order chi connectivity index (χ1) is 7.66. The Morgan fingerprint density at radius 1 is 1.44 bits per heavy atom. The largest absolute Gasteiger partial charge is 0.457 e. The van der Waals surface area contributed by atoms with Crippen molar-refractivity contribution in [2.45, 2.75) is 0 Å². The fraction of sp³-hybridized carbons (Fsp3) is 0. The Bertz CT molecular complexity index is 527. The van der Waals surface area contributed by atoms with E-state index in [0.29, 0.717) is 21.2 Å². The average molecular weight is 302 g/mol. The number of furan rings is 1. The minimum Gasteiger partial charge on any atom is -0.457 e. The van der Waals surface area contributed by atoms with Crippen LogP contribution in [0, 0.1) is 0 Å². The van der Waals surface area contributed by atoms with E-state index < -0.39 is 0 Å². The molecule has 82 valence electrons. The zero-order chi connectivity index (χ0) is 11.5. The van der Waals surface area contributed by atoms with Crippen molar-refractivity contribution in [2.75, 3.05) is 5.32 Å². The van der Waals surface area contributed by atoms with Gasteiger partial charge in [-0.15, -0.1) is 0 Å². The molecule has 0 atom stereocenters. The summed E-state index contributed by atoms with van der Waals surface area (Å²) in [5.74, 6) is 0.0843. The van der Waals surface area contributed by atoms with E-state index in [1.807, 2.05) is 0 Å². The number of pyridine rings is 1. The Labute approximate surface area is 105 Å². The topological polar surface area (TPSA) is 55.1 Å². The van der Waals surface area contributed by atoms with Gasteiger partial charge in [-0.2, -0.15) is 0 Å². The fourth-order valence-electron chi connectivity index (χ4n) is 1.12. The maximum atomic E-state index is 11.7. The molecule has 0 aliphatic rings. The predicted octanol–water partition coefficient (Wildman–Crippen LogP) is 3.34. The molecule has 1 amide bonds. The van der Waals surface area contributed by atoms with E-state index in [1.54, 1.807) is 24.3 Å². The van der Waals surface area contributed by atoms with Crippen molar-refractivity contribution in [2.24, 2.45) is 0 Å². The molecule has 0 saturated carbocycles. The summed E-state index contributed by atoms with van der Waals surface area (Å²) in [5, 5.41) is 2.92. The molecule has 0 aromatic carbocycles. The molecule has 1 N–H and O–H groups in total. The third-order valence-electron chi connectivity index (χ3n) is 1.82. The van der Waals surface area contributed by atoms with Gasteiger partial charge in [-0.3, -0.25) is 4.79 Å². The molecule has 0 radical (unpaired) electrons. The lowest BCUT2D eigenvalue weighted by molar-refractivity contribution is 0.102. The van der Waals surface area contributed by atoms with Crippen LogP contribution >= 0.6 is 27.5 Å². The molecule has 0 fully saturated rings. The molecule has 0 unspecified atom stereocenters. The Morgan fingerprint density at radius 2 is 2.25 bits per heavy atom. The number of hydrogen-bond acceptors (Lipinski definition) is 3. The third-order valence-corrected chi connectivity index (χ3v) is 2.64. The number of carbonyl (C=O) groups excluding carboxylic acids is 1. The first-order valence-electron chi connectivity index (χ1n) is 4.34. The monoisotopic (exact) mass is 300 g/mol. The van der Waals surface area contributed by atoms with Crippen molar-refractivity contribution in [3.8, 4) is 0 Å². The Hall–Kier alpha value is -1.33. The van der Waals surface area contributed by atoms with Crippen LogP contribution < -0.4 is 5.32 Å². The van der Waals surface area contributed by atoms with Gasteiger partial charge in [-0.25, -0.2) is 4.98 Å². The first kappa shape index (κ1) is 11.2. The molecule has 0 bridgehead atoms. The number of anilines is 1. The third kappa shape index (κ3) is 2.43. The van der Waals surface area contributed by atoms with Crippen LogP contribution in [0.15, 0.2) is 39.6 Å². The normalized spacial score (nSPS) is 10.1. The molecule has 2 aromatic heterocycles. The van der Waals surface area contributed by atoms with E-state index in [9.17, 15) is 4.79 Å². The van der Waals surface area contributed by atoms with Crippen molar-refractivity contribution < 1.29 is 9.21 Å².